The van der Waals surface area contributed by atoms with E-state index in [0.717, 1.165) is 11.3 Å². The van der Waals surface area contributed by atoms with Gasteiger partial charge in [0.15, 0.2) is 11.0 Å². The van der Waals surface area contributed by atoms with E-state index in [-0.39, 0.29) is 18.3 Å². The summed E-state index contributed by atoms with van der Waals surface area (Å²) >= 11 is 1.31. The smallest absolute Gasteiger partial charge is 0.234 e. The molecule has 0 fully saturated rings. The van der Waals surface area contributed by atoms with Gasteiger partial charge in [0.2, 0.25) is 5.91 Å². The highest BCUT2D eigenvalue weighted by molar-refractivity contribution is 7.99. The molecule has 0 aliphatic rings. The van der Waals surface area contributed by atoms with Crippen LogP contribution in [0.4, 0.5) is 5.69 Å². The summed E-state index contributed by atoms with van der Waals surface area (Å²) in [6.45, 7) is 6.62. The maximum atomic E-state index is 12.3. The number of amides is 1. The summed E-state index contributed by atoms with van der Waals surface area (Å²) in [6, 6.07) is 15.0. The van der Waals surface area contributed by atoms with Crippen molar-refractivity contribution >= 4 is 23.4 Å². The molecule has 1 amide bonds. The topological polar surface area (TPSA) is 78.3 Å². The fourth-order valence-electron chi connectivity index (χ4n) is 2.73. The molecule has 1 heterocycles. The molecule has 2 aromatic carbocycles. The van der Waals surface area contributed by atoms with Gasteiger partial charge >= 0.3 is 0 Å². The van der Waals surface area contributed by atoms with Gasteiger partial charge in [-0.2, -0.15) is 0 Å². The van der Waals surface area contributed by atoms with Crippen LogP contribution in [0.3, 0.4) is 0 Å². The van der Waals surface area contributed by atoms with Crippen molar-refractivity contribution in [3.05, 3.63) is 72.6 Å². The first kappa shape index (κ1) is 21.4. The monoisotopic (exact) mass is 424 g/mol. The van der Waals surface area contributed by atoms with Gasteiger partial charge in [0, 0.05) is 18.3 Å². The van der Waals surface area contributed by atoms with Crippen LogP contribution in [0.15, 0.2) is 66.3 Å². The minimum Gasteiger partial charge on any atom is -0.497 e. The third kappa shape index (κ3) is 5.87. The summed E-state index contributed by atoms with van der Waals surface area (Å²) in [5, 5.41) is 11.9. The molecule has 0 spiro atoms. The molecular formula is C22H24N4O3S. The van der Waals surface area contributed by atoms with Gasteiger partial charge in [0.1, 0.15) is 18.1 Å². The van der Waals surface area contributed by atoms with Crippen molar-refractivity contribution in [3.63, 3.8) is 0 Å². The lowest BCUT2D eigenvalue weighted by atomic mass is 10.2. The molecule has 0 unspecified atom stereocenters. The van der Waals surface area contributed by atoms with Crippen LogP contribution in [-0.4, -0.2) is 33.5 Å². The zero-order valence-electron chi connectivity index (χ0n) is 17.0. The summed E-state index contributed by atoms with van der Waals surface area (Å²) in [6.07, 6.45) is 1.76. The molecule has 30 heavy (non-hydrogen) atoms. The van der Waals surface area contributed by atoms with Crippen molar-refractivity contribution in [2.75, 3.05) is 18.2 Å². The van der Waals surface area contributed by atoms with Gasteiger partial charge < -0.3 is 14.8 Å². The predicted octanol–water partition coefficient (Wildman–Crippen LogP) is 4.09. The van der Waals surface area contributed by atoms with Gasteiger partial charge in [-0.05, 0) is 36.8 Å². The van der Waals surface area contributed by atoms with Gasteiger partial charge in [-0.1, -0.05) is 36.0 Å². The Kier molecular flexibility index (Phi) is 7.51. The number of aromatic nitrogens is 3. The average molecular weight is 425 g/mol. The summed E-state index contributed by atoms with van der Waals surface area (Å²) in [4.78, 5) is 12.3. The second-order valence-electron chi connectivity index (χ2n) is 6.47. The first-order valence-corrected chi connectivity index (χ1v) is 10.4. The van der Waals surface area contributed by atoms with E-state index in [0.29, 0.717) is 29.0 Å². The number of allylic oxidation sites excluding steroid dienone is 1. The number of nitrogens with zero attached hydrogens (tertiary/aromatic N) is 3. The molecule has 7 nitrogen and oxygen atoms in total. The molecule has 156 valence electrons. The molecule has 3 aromatic rings. The minimum atomic E-state index is -0.140. The Hall–Kier alpha value is -3.26. The summed E-state index contributed by atoms with van der Waals surface area (Å²) < 4.78 is 12.9. The number of anilines is 1. The zero-order chi connectivity index (χ0) is 21.3. The summed E-state index contributed by atoms with van der Waals surface area (Å²) in [5.74, 6) is 2.19. The van der Waals surface area contributed by atoms with E-state index < -0.39 is 0 Å². The third-order valence-electron chi connectivity index (χ3n) is 4.15. The normalized spacial score (nSPS) is 10.5. The van der Waals surface area contributed by atoms with Crippen LogP contribution in [0, 0.1) is 6.92 Å². The molecule has 1 N–H and O–H groups in total. The number of hydrogen-bond donors (Lipinski definition) is 1. The van der Waals surface area contributed by atoms with E-state index in [1.54, 1.807) is 19.3 Å². The van der Waals surface area contributed by atoms with Gasteiger partial charge in [0.25, 0.3) is 0 Å². The highest BCUT2D eigenvalue weighted by Crippen LogP contribution is 2.21. The molecule has 0 radical (unpaired) electrons. The first-order chi connectivity index (χ1) is 14.6. The molecule has 0 aliphatic heterocycles. The van der Waals surface area contributed by atoms with Crippen LogP contribution in [0.1, 0.15) is 11.4 Å². The van der Waals surface area contributed by atoms with Crippen LogP contribution < -0.4 is 14.8 Å². The second kappa shape index (κ2) is 10.5. The average Bonchev–Trinajstić information content (AvgIpc) is 3.13. The van der Waals surface area contributed by atoms with Crippen LogP contribution in [0.2, 0.25) is 0 Å². The van der Waals surface area contributed by atoms with Crippen LogP contribution in [0.25, 0.3) is 0 Å². The zero-order valence-corrected chi connectivity index (χ0v) is 17.8. The van der Waals surface area contributed by atoms with Crippen molar-refractivity contribution in [2.24, 2.45) is 0 Å². The van der Waals surface area contributed by atoms with Gasteiger partial charge in [-0.25, -0.2) is 0 Å². The largest absolute Gasteiger partial charge is 0.497 e. The number of methoxy groups -OCH3 is 1. The Balaban J connectivity index is 1.61. The second-order valence-corrected chi connectivity index (χ2v) is 7.41. The molecule has 1 aromatic heterocycles. The molecule has 0 saturated carbocycles. The maximum absolute atomic E-state index is 12.3. The van der Waals surface area contributed by atoms with E-state index in [1.165, 1.54) is 11.8 Å². The number of carbonyl (C=O) groups is 1. The SMILES string of the molecule is C=CCn1c(COc2cccc(C)c2)nnc1SCC(=O)Nc1cccc(OC)c1. The van der Waals surface area contributed by atoms with Crippen molar-refractivity contribution in [1.29, 1.82) is 0 Å². The predicted molar refractivity (Wildman–Crippen MR) is 118 cm³/mol. The molecule has 0 bridgehead atoms. The Morgan fingerprint density at radius 3 is 2.77 bits per heavy atom. The first-order valence-electron chi connectivity index (χ1n) is 9.38. The molecule has 0 saturated heterocycles. The Bertz CT molecular complexity index is 1020. The lowest BCUT2D eigenvalue weighted by molar-refractivity contribution is -0.113. The lowest BCUT2D eigenvalue weighted by Crippen LogP contribution is -2.15. The van der Waals surface area contributed by atoms with Gasteiger partial charge in [0.05, 0.1) is 12.9 Å². The Morgan fingerprint density at radius 1 is 1.20 bits per heavy atom. The van der Waals surface area contributed by atoms with E-state index in [9.17, 15) is 4.79 Å². The Morgan fingerprint density at radius 2 is 2.00 bits per heavy atom. The molecule has 0 aliphatic carbocycles. The van der Waals surface area contributed by atoms with E-state index in [1.807, 2.05) is 54.0 Å². The standard InChI is InChI=1S/C22H24N4O3S/c1-4-11-26-20(14-29-19-10-5-7-16(2)12-19)24-25-22(26)30-15-21(27)23-17-8-6-9-18(13-17)28-3/h4-10,12-13H,1,11,14-15H2,2-3H3,(H,23,27). The fraction of sp³-hybridized carbons (Fsp3) is 0.227. The molecule has 8 heteroatoms. The highest BCUT2D eigenvalue weighted by Gasteiger charge is 2.14. The number of rotatable bonds is 10. The van der Waals surface area contributed by atoms with Crippen molar-refractivity contribution in [2.45, 2.75) is 25.2 Å². The number of aryl methyl sites for hydroxylation is 1. The summed E-state index contributed by atoms with van der Waals surface area (Å²) in [7, 11) is 1.59. The number of ether oxygens (including phenoxy) is 2. The van der Waals surface area contributed by atoms with E-state index in [2.05, 4.69) is 22.1 Å². The van der Waals surface area contributed by atoms with Crippen LogP contribution in [0.5, 0.6) is 11.5 Å². The number of hydrogen-bond acceptors (Lipinski definition) is 6. The summed E-state index contributed by atoms with van der Waals surface area (Å²) in [5.41, 5.74) is 1.80. The Labute approximate surface area is 180 Å². The number of nitrogens with one attached hydrogen (secondary N) is 1. The number of benzene rings is 2. The maximum Gasteiger partial charge on any atom is 0.234 e. The number of thioether (sulfide) groups is 1. The van der Waals surface area contributed by atoms with Gasteiger partial charge in [-0.3, -0.25) is 9.36 Å². The lowest BCUT2D eigenvalue weighted by Gasteiger charge is -2.10. The highest BCUT2D eigenvalue weighted by atomic mass is 32.2. The van der Waals surface area contributed by atoms with Gasteiger partial charge in [-0.15, -0.1) is 16.8 Å². The van der Waals surface area contributed by atoms with Crippen molar-refractivity contribution in [1.82, 2.24) is 14.8 Å². The van der Waals surface area contributed by atoms with E-state index in [4.69, 9.17) is 9.47 Å². The van der Waals surface area contributed by atoms with E-state index >= 15 is 0 Å². The third-order valence-corrected chi connectivity index (χ3v) is 5.12. The quantitative estimate of drug-likeness (QED) is 0.390. The van der Waals surface area contributed by atoms with Crippen LogP contribution >= 0.6 is 11.8 Å². The van der Waals surface area contributed by atoms with Crippen molar-refractivity contribution < 1.29 is 14.3 Å². The fourth-order valence-corrected chi connectivity index (χ4v) is 3.49. The number of carbonyl (C=O) groups excluding carboxylic acids is 1. The molecule has 3 rings (SSSR count). The molecular weight excluding hydrogens is 400 g/mol. The minimum absolute atomic E-state index is 0.140. The molecule has 0 atom stereocenters. The van der Waals surface area contributed by atoms with Crippen LogP contribution in [-0.2, 0) is 17.9 Å². The van der Waals surface area contributed by atoms with Crippen molar-refractivity contribution in [3.8, 4) is 11.5 Å².